The predicted octanol–water partition coefficient (Wildman–Crippen LogP) is 1.60. The van der Waals surface area contributed by atoms with Crippen molar-refractivity contribution in [2.24, 2.45) is 23.3 Å². The summed E-state index contributed by atoms with van der Waals surface area (Å²) in [5, 5.41) is 34.5. The number of hydrogen-bond donors (Lipinski definition) is 10. The van der Waals surface area contributed by atoms with Gasteiger partial charge in [0.1, 0.15) is 35.7 Å². The van der Waals surface area contributed by atoms with Crippen LogP contribution in [0.2, 0.25) is 0 Å². The SMILES string of the molecule is CC[C@H](C)[C@@H]1NC(=O)CCC(=O)[C@@H](N)CC2=C(Cc3cc(C)ccc32)S(=O)C[C@@H](C(=O)O)NC(=O)CNC1=O.CC[C@H](C)[C@@H]1NC(=O)CCC(=O)[C@@H](N)CC2=C(Cc3cc(C)ccc32)SC[C@@H](C(=O)O)NC(=O)CNC1=O. The number of carboxylic acids is 2. The van der Waals surface area contributed by atoms with Gasteiger partial charge in [-0.15, -0.1) is 11.8 Å². The lowest BCUT2D eigenvalue weighted by Gasteiger charge is -2.24. The van der Waals surface area contributed by atoms with E-state index in [9.17, 15) is 62.4 Å². The van der Waals surface area contributed by atoms with E-state index in [1.807, 2.05) is 58.0 Å². The van der Waals surface area contributed by atoms with Gasteiger partial charge in [-0.3, -0.25) is 42.6 Å². The van der Waals surface area contributed by atoms with E-state index in [-0.39, 0.29) is 67.7 Å². The molecule has 2 aliphatic heterocycles. The number of carboxylic acid groups (broad SMARTS) is 2. The number of thioether (sulfide) groups is 1. The molecule has 0 spiro atoms. The van der Waals surface area contributed by atoms with Gasteiger partial charge in [0.25, 0.3) is 0 Å². The highest BCUT2D eigenvalue weighted by atomic mass is 32.2. The number of aliphatic carboxylic acids is 2. The fraction of sp³-hybridized carbons (Fsp3) is 0.519. The van der Waals surface area contributed by atoms with Crippen molar-refractivity contribution in [1.82, 2.24) is 31.9 Å². The molecule has 0 saturated heterocycles. The Kier molecular flexibility index (Phi) is 22.4. The molecule has 0 aromatic heterocycles. The first-order valence-corrected chi connectivity index (χ1v) is 28.1. The third-order valence-corrected chi connectivity index (χ3v) is 17.0. The number of nitrogens with two attached hydrogens (primary N) is 2. The summed E-state index contributed by atoms with van der Waals surface area (Å²) >= 11 is 1.31. The molecule has 0 saturated carbocycles. The average Bonchev–Trinajstić information content (AvgIpc) is 3.98. The number of Topliss-reactive ketones (excluding diaryl/α,β-unsaturated/α-hetero) is 2. The lowest BCUT2D eigenvalue weighted by Crippen LogP contribution is -2.53. The van der Waals surface area contributed by atoms with E-state index in [1.165, 1.54) is 11.8 Å². The second-order valence-corrected chi connectivity index (χ2v) is 22.7. The van der Waals surface area contributed by atoms with Gasteiger partial charge >= 0.3 is 11.9 Å². The Morgan fingerprint density at radius 3 is 1.55 bits per heavy atom. The van der Waals surface area contributed by atoms with Crippen LogP contribution in [0, 0.1) is 25.7 Å². The standard InChI is InChI=1S/C27H36N4O7S.C27H36N4O6S/c1-4-15(3)25-26(35)29-12-24(34)30-20(27(36)37)13-39(38)22-10-16-9-14(2)5-6-17(16)18(22)11-19(28)21(32)7-8-23(33)31-25;1-4-15(3)25-26(35)29-12-24(34)30-20(27(36)37)13-38-22-10-16-9-14(2)5-6-17(16)18(22)11-19(28)21(32)7-8-23(33)31-25/h5-6,9,15,19-20,25H,4,7-8,10-13,28H2,1-3H3,(H,29,35)(H,30,34)(H,31,33)(H,36,37);5-6,9,15,19-20,25H,4,7-8,10-13,28H2,1-3H3,(H,29,35)(H,30,34)(H,31,33)(H,36,37)/t15-,19-,20-,25-,39?;15-,19-,20-,25-/m00/s1. The molecule has 12 N–H and O–H groups in total. The second kappa shape index (κ2) is 28.2. The van der Waals surface area contributed by atoms with E-state index in [4.69, 9.17) is 11.5 Å². The third-order valence-electron chi connectivity index (χ3n) is 14.2. The monoisotopic (exact) mass is 1100 g/mol. The smallest absolute Gasteiger partial charge is 0.327 e. The Labute approximate surface area is 454 Å². The van der Waals surface area contributed by atoms with Gasteiger partial charge in [0, 0.05) is 49.2 Å². The largest absolute Gasteiger partial charge is 0.480 e. The quantitative estimate of drug-likeness (QED) is 0.196. The number of carbonyl (C=O) groups excluding carboxylic acids is 8. The lowest BCUT2D eigenvalue weighted by molar-refractivity contribution is -0.141. The molecule has 6 rings (SSSR count). The molecule has 1 unspecified atom stereocenters. The maximum atomic E-state index is 13.5. The number of aryl methyl sites for hydroxylation is 2. The zero-order valence-corrected chi connectivity index (χ0v) is 46.0. The summed E-state index contributed by atoms with van der Waals surface area (Å²) in [4.78, 5) is 127. The number of amides is 6. The molecule has 0 bridgehead atoms. The maximum Gasteiger partial charge on any atom is 0.327 e. The van der Waals surface area contributed by atoms with Gasteiger partial charge in [0.2, 0.25) is 35.4 Å². The Bertz CT molecular complexity index is 2740. The first kappa shape index (κ1) is 61.3. The molecule has 2 aliphatic carbocycles. The third kappa shape index (κ3) is 17.0. The number of carbonyl (C=O) groups is 10. The van der Waals surface area contributed by atoms with Crippen LogP contribution in [0.4, 0.5) is 0 Å². The second-order valence-electron chi connectivity index (χ2n) is 20.1. The van der Waals surface area contributed by atoms with Gasteiger partial charge in [-0.05, 0) is 76.8 Å². The van der Waals surface area contributed by atoms with Crippen molar-refractivity contribution in [1.29, 1.82) is 0 Å². The van der Waals surface area contributed by atoms with E-state index in [0.29, 0.717) is 36.2 Å². The van der Waals surface area contributed by atoms with Crippen LogP contribution in [0.3, 0.4) is 0 Å². The van der Waals surface area contributed by atoms with Crippen molar-refractivity contribution in [2.75, 3.05) is 24.6 Å². The number of hydrogen-bond acceptors (Lipinski definition) is 14. The van der Waals surface area contributed by atoms with Gasteiger partial charge in [0.05, 0.1) is 41.7 Å². The molecular formula is C54H72N8O13S2. The first-order valence-electron chi connectivity index (χ1n) is 25.8. The summed E-state index contributed by atoms with van der Waals surface area (Å²) in [5.41, 5.74) is 19.9. The Balaban J connectivity index is 0.000000284. The summed E-state index contributed by atoms with van der Waals surface area (Å²) in [6.45, 7) is 10.2. The van der Waals surface area contributed by atoms with Crippen molar-refractivity contribution in [3.8, 4) is 0 Å². The van der Waals surface area contributed by atoms with E-state index in [0.717, 1.165) is 43.9 Å². The molecule has 2 heterocycles. The Morgan fingerprint density at radius 1 is 0.636 bits per heavy atom. The van der Waals surface area contributed by atoms with Crippen molar-refractivity contribution >= 4 is 92.7 Å². The molecule has 6 amide bonds. The number of benzene rings is 2. The van der Waals surface area contributed by atoms with E-state index >= 15 is 0 Å². The minimum absolute atomic E-state index is 0.0650. The van der Waals surface area contributed by atoms with Gasteiger partial charge in [-0.1, -0.05) is 88.1 Å². The molecule has 0 fully saturated rings. The highest BCUT2D eigenvalue weighted by Gasteiger charge is 2.35. The normalized spacial score (nSPS) is 25.6. The maximum absolute atomic E-state index is 13.5. The first-order chi connectivity index (χ1) is 36.4. The van der Waals surface area contributed by atoms with Crippen LogP contribution in [-0.2, 0) is 71.6 Å². The fourth-order valence-corrected chi connectivity index (χ4v) is 12.0. The van der Waals surface area contributed by atoms with E-state index in [1.54, 1.807) is 13.8 Å². The topological polar surface area (TPSA) is 352 Å². The molecule has 4 aliphatic rings. The molecule has 77 heavy (non-hydrogen) atoms. The number of nitrogens with one attached hydrogen (secondary N) is 6. The van der Waals surface area contributed by atoms with Crippen molar-refractivity contribution < 1.29 is 62.4 Å². The summed E-state index contributed by atoms with van der Waals surface area (Å²) in [6.07, 6.45) is 1.86. The Morgan fingerprint density at radius 2 is 1.08 bits per heavy atom. The van der Waals surface area contributed by atoms with Crippen molar-refractivity contribution in [3.63, 3.8) is 0 Å². The van der Waals surface area contributed by atoms with Crippen molar-refractivity contribution in [2.45, 2.75) is 142 Å². The van der Waals surface area contributed by atoms with E-state index in [2.05, 4.69) is 38.0 Å². The van der Waals surface area contributed by atoms with Crippen LogP contribution in [0.1, 0.15) is 112 Å². The Hall–Kier alpha value is -6.56. The molecule has 9 atom stereocenters. The zero-order valence-electron chi connectivity index (χ0n) is 44.3. The van der Waals surface area contributed by atoms with Crippen LogP contribution >= 0.6 is 11.8 Å². The number of allylic oxidation sites excluding steroid dienone is 2. The average molecular weight is 1110 g/mol. The molecule has 0 radical (unpaired) electrons. The molecule has 418 valence electrons. The van der Waals surface area contributed by atoms with Crippen LogP contribution in [0.5, 0.6) is 0 Å². The molecular weight excluding hydrogens is 1030 g/mol. The van der Waals surface area contributed by atoms with Crippen LogP contribution < -0.4 is 43.4 Å². The number of ketones is 2. The van der Waals surface area contributed by atoms with Gasteiger partial charge in [0.15, 0.2) is 0 Å². The van der Waals surface area contributed by atoms with Crippen LogP contribution in [0.15, 0.2) is 46.2 Å². The van der Waals surface area contributed by atoms with E-state index < -0.39 is 113 Å². The van der Waals surface area contributed by atoms with Gasteiger partial charge < -0.3 is 53.6 Å². The van der Waals surface area contributed by atoms with Crippen LogP contribution in [-0.4, -0.2) is 134 Å². The highest BCUT2D eigenvalue weighted by molar-refractivity contribution is 8.03. The molecule has 21 nitrogen and oxygen atoms in total. The highest BCUT2D eigenvalue weighted by Crippen LogP contribution is 2.42. The molecule has 23 heteroatoms. The zero-order chi connectivity index (χ0) is 56.8. The fourth-order valence-electron chi connectivity index (χ4n) is 9.23. The van der Waals surface area contributed by atoms with Crippen molar-refractivity contribution in [3.05, 3.63) is 79.6 Å². The van der Waals surface area contributed by atoms with Crippen LogP contribution in [0.25, 0.3) is 11.1 Å². The predicted molar refractivity (Wildman–Crippen MR) is 291 cm³/mol. The molecule has 2 aromatic rings. The minimum Gasteiger partial charge on any atom is -0.480 e. The summed E-state index contributed by atoms with van der Waals surface area (Å²) < 4.78 is 13.5. The summed E-state index contributed by atoms with van der Waals surface area (Å²) in [7, 11) is -1.82. The summed E-state index contributed by atoms with van der Waals surface area (Å²) in [6, 6.07) is 5.38. The number of fused-ring (bicyclic) bond motifs is 4. The minimum atomic E-state index is -1.82. The number of rotatable bonds is 6. The lowest BCUT2D eigenvalue weighted by atomic mass is 9.95. The summed E-state index contributed by atoms with van der Waals surface area (Å²) in [5.74, 6) is -7.56. The molecule has 2 aromatic carbocycles. The van der Waals surface area contributed by atoms with Gasteiger partial charge in [-0.2, -0.15) is 0 Å². The van der Waals surface area contributed by atoms with Gasteiger partial charge in [-0.25, -0.2) is 9.59 Å².